The van der Waals surface area contributed by atoms with E-state index in [0.29, 0.717) is 5.75 Å². The largest absolute Gasteiger partial charge is 0.485 e. The number of ether oxygens (including phenoxy) is 1. The summed E-state index contributed by atoms with van der Waals surface area (Å²) < 4.78 is 6.13. The number of benzene rings is 2. The monoisotopic (exact) mass is 344 g/mol. The number of rotatable bonds is 9. The average Bonchev–Trinajstić information content (AvgIpc) is 2.69. The fourth-order valence-corrected chi connectivity index (χ4v) is 2.81. The molecular weight excluding hydrogens is 316 g/mol. The van der Waals surface area contributed by atoms with Crippen LogP contribution >= 0.6 is 0 Å². The molecule has 2 rings (SSSR count). The highest BCUT2D eigenvalue weighted by molar-refractivity contribution is 5.31. The zero-order valence-corrected chi connectivity index (χ0v) is 15.0. The first kappa shape index (κ1) is 19.4. The Balaban J connectivity index is 2.39. The summed E-state index contributed by atoms with van der Waals surface area (Å²) in [5, 5.41) is 29.6. The van der Waals surface area contributed by atoms with Gasteiger partial charge in [-0.25, -0.2) is 0 Å². The molecule has 0 aliphatic rings. The molecule has 0 aliphatic heterocycles. The zero-order chi connectivity index (χ0) is 18.3. The Bertz CT molecular complexity index is 622. The summed E-state index contributed by atoms with van der Waals surface area (Å²) in [6.45, 7) is 3.02. The van der Waals surface area contributed by atoms with Gasteiger partial charge in [0.15, 0.2) is 0 Å². The summed E-state index contributed by atoms with van der Waals surface area (Å²) in [4.78, 5) is 0. The lowest BCUT2D eigenvalue weighted by Crippen LogP contribution is -2.42. The molecule has 25 heavy (non-hydrogen) atoms. The standard InChI is InChI=1S/C21H28O4/c1-3-16-5-9-18(10-6-16)20(21(13-22,14-23)15-24)25-19-11-7-17(4-2)8-12-19/h5-12,20,22-24H,3-4,13-15H2,1-2H3. The van der Waals surface area contributed by atoms with E-state index < -0.39 is 11.5 Å². The number of aliphatic hydroxyl groups is 3. The van der Waals surface area contributed by atoms with Gasteiger partial charge in [-0.05, 0) is 41.7 Å². The predicted molar refractivity (Wildman–Crippen MR) is 98.7 cm³/mol. The maximum Gasteiger partial charge on any atom is 0.136 e. The van der Waals surface area contributed by atoms with Crippen molar-refractivity contribution in [1.82, 2.24) is 0 Å². The van der Waals surface area contributed by atoms with Crippen LogP contribution in [0.4, 0.5) is 0 Å². The highest BCUT2D eigenvalue weighted by Gasteiger charge is 2.40. The maximum atomic E-state index is 9.87. The van der Waals surface area contributed by atoms with E-state index >= 15 is 0 Å². The van der Waals surface area contributed by atoms with Gasteiger partial charge in [-0.1, -0.05) is 50.2 Å². The van der Waals surface area contributed by atoms with Crippen molar-refractivity contribution >= 4 is 0 Å². The number of hydrogen-bond donors (Lipinski definition) is 3. The summed E-state index contributed by atoms with van der Waals surface area (Å²) in [5.41, 5.74) is 2.04. The van der Waals surface area contributed by atoms with Crippen molar-refractivity contribution < 1.29 is 20.1 Å². The third-order valence-corrected chi connectivity index (χ3v) is 4.78. The first-order valence-electron chi connectivity index (χ1n) is 8.79. The van der Waals surface area contributed by atoms with E-state index in [1.807, 2.05) is 48.5 Å². The minimum atomic E-state index is -1.17. The average molecular weight is 344 g/mol. The number of hydrogen-bond acceptors (Lipinski definition) is 4. The molecule has 0 aromatic heterocycles. The second-order valence-corrected chi connectivity index (χ2v) is 6.43. The maximum absolute atomic E-state index is 9.87. The van der Waals surface area contributed by atoms with Crippen LogP contribution in [0.25, 0.3) is 0 Å². The van der Waals surface area contributed by atoms with E-state index in [0.717, 1.165) is 18.4 Å². The minimum absolute atomic E-state index is 0.382. The topological polar surface area (TPSA) is 69.9 Å². The predicted octanol–water partition coefficient (Wildman–Crippen LogP) is 2.89. The minimum Gasteiger partial charge on any atom is -0.485 e. The quantitative estimate of drug-likeness (QED) is 0.654. The Morgan fingerprint density at radius 3 is 1.60 bits per heavy atom. The molecular formula is C21H28O4. The summed E-state index contributed by atoms with van der Waals surface area (Å²) in [7, 11) is 0. The Kier molecular flexibility index (Phi) is 7.00. The number of aryl methyl sites for hydroxylation is 2. The van der Waals surface area contributed by atoms with Gasteiger partial charge in [-0.15, -0.1) is 0 Å². The lowest BCUT2D eigenvalue weighted by Gasteiger charge is -2.36. The molecule has 0 saturated heterocycles. The third-order valence-electron chi connectivity index (χ3n) is 4.78. The van der Waals surface area contributed by atoms with Crippen LogP contribution in [-0.4, -0.2) is 35.1 Å². The molecule has 4 heteroatoms. The molecule has 2 aromatic rings. The lowest BCUT2D eigenvalue weighted by molar-refractivity contribution is -0.0742. The van der Waals surface area contributed by atoms with Gasteiger partial charge in [-0.2, -0.15) is 0 Å². The van der Waals surface area contributed by atoms with E-state index in [4.69, 9.17) is 4.74 Å². The van der Waals surface area contributed by atoms with Gasteiger partial charge in [0, 0.05) is 0 Å². The van der Waals surface area contributed by atoms with E-state index in [9.17, 15) is 15.3 Å². The molecule has 2 aromatic carbocycles. The second-order valence-electron chi connectivity index (χ2n) is 6.43. The summed E-state index contributed by atoms with van der Waals surface area (Å²) in [5.74, 6) is 0.640. The van der Waals surface area contributed by atoms with Crippen LogP contribution in [0.2, 0.25) is 0 Å². The van der Waals surface area contributed by atoms with Crippen molar-refractivity contribution in [2.75, 3.05) is 19.8 Å². The smallest absolute Gasteiger partial charge is 0.136 e. The van der Waals surface area contributed by atoms with E-state index in [-0.39, 0.29) is 19.8 Å². The molecule has 1 unspecified atom stereocenters. The fraction of sp³-hybridized carbons (Fsp3) is 0.429. The van der Waals surface area contributed by atoms with E-state index in [1.165, 1.54) is 11.1 Å². The first-order chi connectivity index (χ1) is 12.1. The van der Waals surface area contributed by atoms with Gasteiger partial charge in [0.05, 0.1) is 25.2 Å². The summed E-state index contributed by atoms with van der Waals surface area (Å²) in [6.07, 6.45) is 1.21. The normalized spacial score (nSPS) is 12.8. The molecule has 0 bridgehead atoms. The summed E-state index contributed by atoms with van der Waals surface area (Å²) >= 11 is 0. The van der Waals surface area contributed by atoms with Crippen LogP contribution in [0.3, 0.4) is 0 Å². The Labute approximate surface area is 149 Å². The number of aliphatic hydroxyl groups excluding tert-OH is 3. The molecule has 0 spiro atoms. The van der Waals surface area contributed by atoms with Gasteiger partial charge < -0.3 is 20.1 Å². The van der Waals surface area contributed by atoms with Crippen LogP contribution in [-0.2, 0) is 12.8 Å². The van der Waals surface area contributed by atoms with Gasteiger partial charge in [-0.3, -0.25) is 0 Å². The van der Waals surface area contributed by atoms with Crippen molar-refractivity contribution in [3.63, 3.8) is 0 Å². The fourth-order valence-electron chi connectivity index (χ4n) is 2.81. The van der Waals surface area contributed by atoms with Crippen LogP contribution < -0.4 is 4.74 Å². The van der Waals surface area contributed by atoms with Gasteiger partial charge in [0.1, 0.15) is 11.9 Å². The molecule has 3 N–H and O–H groups in total. The highest BCUT2D eigenvalue weighted by atomic mass is 16.5. The molecule has 0 aliphatic carbocycles. The van der Waals surface area contributed by atoms with Crippen molar-refractivity contribution in [3.05, 3.63) is 65.2 Å². The Hall–Kier alpha value is -1.88. The molecule has 0 amide bonds. The van der Waals surface area contributed by atoms with E-state index in [1.54, 1.807) is 0 Å². The van der Waals surface area contributed by atoms with Crippen LogP contribution in [0.1, 0.15) is 36.6 Å². The van der Waals surface area contributed by atoms with Crippen LogP contribution in [0.15, 0.2) is 48.5 Å². The second kappa shape index (κ2) is 8.99. The van der Waals surface area contributed by atoms with Crippen molar-refractivity contribution in [3.8, 4) is 5.75 Å². The van der Waals surface area contributed by atoms with Crippen molar-refractivity contribution in [2.24, 2.45) is 5.41 Å². The molecule has 0 heterocycles. The molecule has 0 saturated carbocycles. The van der Waals surface area contributed by atoms with E-state index in [2.05, 4.69) is 13.8 Å². The third kappa shape index (κ3) is 4.40. The van der Waals surface area contributed by atoms with Gasteiger partial charge >= 0.3 is 0 Å². The summed E-state index contributed by atoms with van der Waals surface area (Å²) in [6, 6.07) is 15.6. The Morgan fingerprint density at radius 2 is 1.20 bits per heavy atom. The SMILES string of the molecule is CCc1ccc(OC(c2ccc(CC)cc2)C(CO)(CO)CO)cc1. The Morgan fingerprint density at radius 1 is 0.760 bits per heavy atom. The van der Waals surface area contributed by atoms with Gasteiger partial charge in [0.25, 0.3) is 0 Å². The van der Waals surface area contributed by atoms with Gasteiger partial charge in [0.2, 0.25) is 0 Å². The van der Waals surface area contributed by atoms with Crippen LogP contribution in [0.5, 0.6) is 5.75 Å². The van der Waals surface area contributed by atoms with Crippen molar-refractivity contribution in [2.45, 2.75) is 32.8 Å². The molecule has 1 atom stereocenters. The molecule has 4 nitrogen and oxygen atoms in total. The zero-order valence-electron chi connectivity index (χ0n) is 15.0. The molecule has 136 valence electrons. The molecule has 0 fully saturated rings. The van der Waals surface area contributed by atoms with Crippen LogP contribution in [0, 0.1) is 5.41 Å². The molecule has 0 radical (unpaired) electrons. The first-order valence-corrected chi connectivity index (χ1v) is 8.79. The lowest BCUT2D eigenvalue weighted by atomic mass is 9.80. The van der Waals surface area contributed by atoms with Crippen molar-refractivity contribution in [1.29, 1.82) is 0 Å². The highest BCUT2D eigenvalue weighted by Crippen LogP contribution is 2.37.